The SMILES string of the molecule is C[C@H](NC(=O)c1cn(C2CCNCC2)nn1)c1ccccc1Cl. The Morgan fingerprint density at radius 3 is 2.87 bits per heavy atom. The summed E-state index contributed by atoms with van der Waals surface area (Å²) in [5.41, 5.74) is 1.22. The van der Waals surface area contributed by atoms with Crippen LogP contribution in [-0.2, 0) is 0 Å². The Hall–Kier alpha value is -1.92. The topological polar surface area (TPSA) is 71.8 Å². The fourth-order valence-corrected chi connectivity index (χ4v) is 3.10. The summed E-state index contributed by atoms with van der Waals surface area (Å²) in [6.45, 7) is 3.83. The van der Waals surface area contributed by atoms with Gasteiger partial charge in [0.15, 0.2) is 5.69 Å². The largest absolute Gasteiger partial charge is 0.344 e. The number of benzene rings is 1. The highest BCUT2D eigenvalue weighted by atomic mass is 35.5. The van der Waals surface area contributed by atoms with Crippen LogP contribution in [-0.4, -0.2) is 34.0 Å². The van der Waals surface area contributed by atoms with Crippen LogP contribution < -0.4 is 10.6 Å². The van der Waals surface area contributed by atoms with Crippen LogP contribution in [0.4, 0.5) is 0 Å². The summed E-state index contributed by atoms with van der Waals surface area (Å²) in [4.78, 5) is 12.4. The minimum atomic E-state index is -0.238. The van der Waals surface area contributed by atoms with Crippen molar-refractivity contribution >= 4 is 17.5 Å². The van der Waals surface area contributed by atoms with Crippen molar-refractivity contribution in [2.75, 3.05) is 13.1 Å². The van der Waals surface area contributed by atoms with Crippen molar-refractivity contribution < 1.29 is 4.79 Å². The molecule has 1 aromatic carbocycles. The van der Waals surface area contributed by atoms with Crippen molar-refractivity contribution in [2.24, 2.45) is 0 Å². The molecule has 0 spiro atoms. The summed E-state index contributed by atoms with van der Waals surface area (Å²) < 4.78 is 1.80. The molecule has 6 nitrogen and oxygen atoms in total. The first-order valence-corrected chi connectivity index (χ1v) is 8.21. The monoisotopic (exact) mass is 333 g/mol. The quantitative estimate of drug-likeness (QED) is 0.901. The Morgan fingerprint density at radius 2 is 2.13 bits per heavy atom. The molecule has 1 aliphatic heterocycles. The minimum Gasteiger partial charge on any atom is -0.344 e. The highest BCUT2D eigenvalue weighted by Crippen LogP contribution is 2.22. The fraction of sp³-hybridized carbons (Fsp3) is 0.438. The van der Waals surface area contributed by atoms with Crippen molar-refractivity contribution in [1.29, 1.82) is 0 Å². The van der Waals surface area contributed by atoms with Crippen LogP contribution >= 0.6 is 11.6 Å². The lowest BCUT2D eigenvalue weighted by Crippen LogP contribution is -2.29. The van der Waals surface area contributed by atoms with Crippen LogP contribution in [0.1, 0.15) is 47.9 Å². The summed E-state index contributed by atoms with van der Waals surface area (Å²) in [7, 11) is 0. The zero-order valence-electron chi connectivity index (χ0n) is 13.0. The van der Waals surface area contributed by atoms with Gasteiger partial charge in [0.2, 0.25) is 0 Å². The molecule has 122 valence electrons. The van der Waals surface area contributed by atoms with Crippen molar-refractivity contribution in [3.8, 4) is 0 Å². The number of piperidine rings is 1. The maximum Gasteiger partial charge on any atom is 0.273 e. The molecule has 0 saturated carbocycles. The van der Waals surface area contributed by atoms with Crippen LogP contribution in [0.5, 0.6) is 0 Å². The van der Waals surface area contributed by atoms with Crippen LogP contribution in [0.3, 0.4) is 0 Å². The Bertz CT molecular complexity index is 681. The molecule has 3 rings (SSSR count). The molecule has 0 radical (unpaired) electrons. The van der Waals surface area contributed by atoms with Gasteiger partial charge in [0.1, 0.15) is 0 Å². The van der Waals surface area contributed by atoms with E-state index in [9.17, 15) is 4.79 Å². The number of nitrogens with zero attached hydrogens (tertiary/aromatic N) is 3. The average molecular weight is 334 g/mol. The molecule has 2 aromatic rings. The number of hydrogen-bond donors (Lipinski definition) is 2. The first-order valence-electron chi connectivity index (χ1n) is 7.83. The molecule has 7 heteroatoms. The number of carbonyl (C=O) groups is 1. The summed E-state index contributed by atoms with van der Waals surface area (Å²) in [5, 5.41) is 15.0. The van der Waals surface area contributed by atoms with E-state index in [1.54, 1.807) is 10.9 Å². The average Bonchev–Trinajstić information content (AvgIpc) is 3.06. The molecule has 0 bridgehead atoms. The van der Waals surface area contributed by atoms with E-state index in [2.05, 4.69) is 20.9 Å². The molecular formula is C16H20ClN5O. The highest BCUT2D eigenvalue weighted by Gasteiger charge is 2.20. The Labute approximate surface area is 140 Å². The Balaban J connectivity index is 1.66. The van der Waals surface area contributed by atoms with Gasteiger partial charge in [-0.1, -0.05) is 35.0 Å². The van der Waals surface area contributed by atoms with Gasteiger partial charge < -0.3 is 10.6 Å². The second-order valence-corrected chi connectivity index (χ2v) is 6.19. The first-order chi connectivity index (χ1) is 11.1. The van der Waals surface area contributed by atoms with Crippen LogP contribution in [0.25, 0.3) is 0 Å². The second-order valence-electron chi connectivity index (χ2n) is 5.78. The molecule has 23 heavy (non-hydrogen) atoms. The number of hydrogen-bond acceptors (Lipinski definition) is 4. The third-order valence-electron chi connectivity index (χ3n) is 4.15. The number of rotatable bonds is 4. The van der Waals surface area contributed by atoms with Crippen LogP contribution in [0.15, 0.2) is 30.5 Å². The highest BCUT2D eigenvalue weighted by molar-refractivity contribution is 6.31. The summed E-state index contributed by atoms with van der Waals surface area (Å²) in [6.07, 6.45) is 3.73. The molecular weight excluding hydrogens is 314 g/mol. The normalized spacial score (nSPS) is 17.0. The second kappa shape index (κ2) is 7.10. The number of aromatic nitrogens is 3. The van der Waals surface area contributed by atoms with Crippen molar-refractivity contribution in [3.63, 3.8) is 0 Å². The fourth-order valence-electron chi connectivity index (χ4n) is 2.81. The molecule has 2 heterocycles. The molecule has 0 aliphatic carbocycles. The summed E-state index contributed by atoms with van der Waals surface area (Å²) >= 11 is 6.16. The summed E-state index contributed by atoms with van der Waals surface area (Å²) in [5.74, 6) is -0.238. The summed E-state index contributed by atoms with van der Waals surface area (Å²) in [6, 6.07) is 7.60. The van der Waals surface area contributed by atoms with Crippen molar-refractivity contribution in [1.82, 2.24) is 25.6 Å². The van der Waals surface area contributed by atoms with Gasteiger partial charge >= 0.3 is 0 Å². The number of amides is 1. The Kier molecular flexibility index (Phi) is 4.93. The van der Waals surface area contributed by atoms with Gasteiger partial charge in [-0.2, -0.15) is 0 Å². The van der Waals surface area contributed by atoms with Crippen molar-refractivity contribution in [2.45, 2.75) is 31.8 Å². The zero-order valence-corrected chi connectivity index (χ0v) is 13.8. The zero-order chi connectivity index (χ0) is 16.2. The molecule has 1 saturated heterocycles. The van der Waals surface area contributed by atoms with Gasteiger partial charge in [-0.3, -0.25) is 4.79 Å². The van der Waals surface area contributed by atoms with E-state index in [0.717, 1.165) is 31.5 Å². The predicted molar refractivity (Wildman–Crippen MR) is 88.5 cm³/mol. The molecule has 1 aliphatic rings. The van der Waals surface area contributed by atoms with Crippen molar-refractivity contribution in [3.05, 3.63) is 46.7 Å². The minimum absolute atomic E-state index is 0.194. The van der Waals surface area contributed by atoms with E-state index in [1.807, 2.05) is 31.2 Å². The standard InChI is InChI=1S/C16H20ClN5O/c1-11(13-4-2-3-5-14(13)17)19-16(23)15-10-22(21-20-15)12-6-8-18-9-7-12/h2-5,10-12,18H,6-9H2,1H3,(H,19,23)/t11-/m0/s1. The number of halogens is 1. The van der Waals surface area contributed by atoms with Gasteiger partial charge in [-0.15, -0.1) is 5.10 Å². The van der Waals surface area contributed by atoms with E-state index < -0.39 is 0 Å². The van der Waals surface area contributed by atoms with E-state index in [-0.39, 0.29) is 11.9 Å². The van der Waals surface area contributed by atoms with Gasteiger partial charge in [-0.25, -0.2) is 4.68 Å². The maximum atomic E-state index is 12.4. The van der Waals surface area contributed by atoms with E-state index in [4.69, 9.17) is 11.6 Å². The molecule has 0 unspecified atom stereocenters. The number of nitrogens with one attached hydrogen (secondary N) is 2. The van der Waals surface area contributed by atoms with Gasteiger partial charge in [0.25, 0.3) is 5.91 Å². The van der Waals surface area contributed by atoms with Crippen LogP contribution in [0, 0.1) is 0 Å². The van der Waals surface area contributed by atoms with Gasteiger partial charge in [0, 0.05) is 5.02 Å². The lowest BCUT2D eigenvalue weighted by atomic mass is 10.1. The third kappa shape index (κ3) is 3.71. The molecule has 1 atom stereocenters. The molecule has 1 aromatic heterocycles. The molecule has 1 amide bonds. The first kappa shape index (κ1) is 16.0. The van der Waals surface area contributed by atoms with Gasteiger partial charge in [-0.05, 0) is 44.5 Å². The Morgan fingerprint density at radius 1 is 1.39 bits per heavy atom. The third-order valence-corrected chi connectivity index (χ3v) is 4.49. The van der Waals surface area contributed by atoms with E-state index >= 15 is 0 Å². The predicted octanol–water partition coefficient (Wildman–Crippen LogP) is 2.35. The van der Waals surface area contributed by atoms with E-state index in [0.29, 0.717) is 16.8 Å². The lowest BCUT2D eigenvalue weighted by molar-refractivity contribution is 0.0934. The number of carbonyl (C=O) groups excluding carboxylic acids is 1. The smallest absolute Gasteiger partial charge is 0.273 e. The van der Waals surface area contributed by atoms with Crippen LogP contribution in [0.2, 0.25) is 5.02 Å². The lowest BCUT2D eigenvalue weighted by Gasteiger charge is -2.22. The van der Waals surface area contributed by atoms with E-state index in [1.165, 1.54) is 0 Å². The molecule has 1 fully saturated rings. The molecule has 2 N–H and O–H groups in total. The van der Waals surface area contributed by atoms with Gasteiger partial charge in [0.05, 0.1) is 18.3 Å². The maximum absolute atomic E-state index is 12.4.